The third-order valence-corrected chi connectivity index (χ3v) is 5.42. The average molecular weight is 391 g/mol. The molecule has 0 fully saturated rings. The predicted molar refractivity (Wildman–Crippen MR) is 101 cm³/mol. The third kappa shape index (κ3) is 3.13. The minimum absolute atomic E-state index is 0.469. The molecule has 0 spiro atoms. The summed E-state index contributed by atoms with van der Waals surface area (Å²) in [5, 5.41) is 14.9. The van der Waals surface area contributed by atoms with Crippen molar-refractivity contribution in [1.82, 2.24) is 14.9 Å². The summed E-state index contributed by atoms with van der Waals surface area (Å²) in [7, 11) is 1.65. The van der Waals surface area contributed by atoms with Crippen molar-refractivity contribution in [2.24, 2.45) is 5.10 Å². The summed E-state index contributed by atoms with van der Waals surface area (Å²) >= 11 is 13.7. The van der Waals surface area contributed by atoms with E-state index in [1.54, 1.807) is 35.7 Å². The Labute approximate surface area is 158 Å². The molecule has 0 amide bonds. The molecule has 0 aliphatic carbocycles. The number of methoxy groups -OCH3 is 1. The number of hydrogen-bond acceptors (Lipinski definition) is 5. The highest BCUT2D eigenvalue weighted by Gasteiger charge is 2.21. The van der Waals surface area contributed by atoms with Crippen molar-refractivity contribution in [2.45, 2.75) is 5.16 Å². The number of benzene rings is 2. The smallest absolute Gasteiger partial charge is 0.212 e. The van der Waals surface area contributed by atoms with E-state index in [1.807, 2.05) is 30.3 Å². The summed E-state index contributed by atoms with van der Waals surface area (Å²) in [6, 6.07) is 13.2. The maximum atomic E-state index is 6.13. The van der Waals surface area contributed by atoms with Gasteiger partial charge in [-0.15, -0.1) is 10.2 Å². The Bertz CT molecular complexity index is 987. The summed E-state index contributed by atoms with van der Waals surface area (Å²) in [5.74, 6) is 2.14. The number of halogens is 2. The zero-order valence-corrected chi connectivity index (χ0v) is 15.4. The van der Waals surface area contributed by atoms with E-state index >= 15 is 0 Å². The van der Waals surface area contributed by atoms with Crippen LogP contribution >= 0.6 is 35.0 Å². The van der Waals surface area contributed by atoms with E-state index < -0.39 is 0 Å². The molecule has 0 bridgehead atoms. The Kier molecular flexibility index (Phi) is 4.41. The quantitative estimate of drug-likeness (QED) is 0.654. The first-order valence-electron chi connectivity index (χ1n) is 7.41. The Morgan fingerprint density at radius 3 is 2.72 bits per heavy atom. The highest BCUT2D eigenvalue weighted by Crippen LogP contribution is 2.32. The molecule has 0 unspecified atom stereocenters. The molecular weight excluding hydrogens is 379 g/mol. The van der Waals surface area contributed by atoms with Gasteiger partial charge in [0.1, 0.15) is 5.75 Å². The molecule has 0 saturated carbocycles. The second-order valence-electron chi connectivity index (χ2n) is 5.31. The van der Waals surface area contributed by atoms with Gasteiger partial charge in [0.05, 0.1) is 22.9 Å². The fourth-order valence-electron chi connectivity index (χ4n) is 2.49. The third-order valence-electron chi connectivity index (χ3n) is 3.75. The summed E-state index contributed by atoms with van der Waals surface area (Å²) in [6.07, 6.45) is 0. The maximum Gasteiger partial charge on any atom is 0.212 e. The molecule has 4 rings (SSSR count). The highest BCUT2D eigenvalue weighted by atomic mass is 35.5. The maximum absolute atomic E-state index is 6.13. The van der Waals surface area contributed by atoms with Crippen LogP contribution in [-0.2, 0) is 0 Å². The first-order valence-corrected chi connectivity index (χ1v) is 9.16. The lowest BCUT2D eigenvalue weighted by atomic mass is 10.1. The van der Waals surface area contributed by atoms with Gasteiger partial charge in [-0.2, -0.15) is 9.78 Å². The molecule has 2 heterocycles. The lowest BCUT2D eigenvalue weighted by molar-refractivity contribution is 0.414. The molecule has 3 aromatic rings. The summed E-state index contributed by atoms with van der Waals surface area (Å²) < 4.78 is 7.04. The Balaban J connectivity index is 1.78. The number of ether oxygens (including phenoxy) is 1. The van der Waals surface area contributed by atoms with Gasteiger partial charge in [-0.25, -0.2) is 0 Å². The van der Waals surface area contributed by atoms with Crippen LogP contribution in [0.1, 0.15) is 5.56 Å². The van der Waals surface area contributed by atoms with Crippen LogP contribution in [0.5, 0.6) is 5.75 Å². The van der Waals surface area contributed by atoms with Gasteiger partial charge in [0.15, 0.2) is 5.82 Å². The molecule has 8 heteroatoms. The molecule has 126 valence electrons. The second kappa shape index (κ2) is 6.71. The van der Waals surface area contributed by atoms with E-state index in [9.17, 15) is 0 Å². The average Bonchev–Trinajstić information content (AvgIpc) is 3.07. The van der Waals surface area contributed by atoms with Gasteiger partial charge in [0.25, 0.3) is 0 Å². The molecule has 5 nitrogen and oxygen atoms in total. The second-order valence-corrected chi connectivity index (χ2v) is 7.07. The van der Waals surface area contributed by atoms with Gasteiger partial charge in [-0.05, 0) is 30.3 Å². The fraction of sp³-hybridized carbons (Fsp3) is 0.118. The normalized spacial score (nSPS) is 13.3. The topological polar surface area (TPSA) is 52.3 Å². The summed E-state index contributed by atoms with van der Waals surface area (Å²) in [4.78, 5) is 0. The van der Waals surface area contributed by atoms with Crippen molar-refractivity contribution in [2.75, 3.05) is 12.9 Å². The van der Waals surface area contributed by atoms with Crippen LogP contribution in [0.15, 0.2) is 52.7 Å². The largest absolute Gasteiger partial charge is 0.497 e. The van der Waals surface area contributed by atoms with Crippen LogP contribution in [0.3, 0.4) is 0 Å². The van der Waals surface area contributed by atoms with Gasteiger partial charge < -0.3 is 4.74 Å². The van der Waals surface area contributed by atoms with Crippen molar-refractivity contribution >= 4 is 40.7 Å². The first kappa shape index (κ1) is 16.4. The van der Waals surface area contributed by atoms with Crippen LogP contribution in [0, 0.1) is 0 Å². The predicted octanol–water partition coefficient (Wildman–Crippen LogP) is 4.62. The minimum atomic E-state index is 0.469. The van der Waals surface area contributed by atoms with Crippen molar-refractivity contribution in [1.29, 1.82) is 0 Å². The molecular formula is C17H12Cl2N4OS. The molecule has 2 aromatic carbocycles. The molecule has 1 aliphatic heterocycles. The molecule has 1 aromatic heterocycles. The summed E-state index contributed by atoms with van der Waals surface area (Å²) in [6.45, 7) is 0. The number of aromatic nitrogens is 3. The van der Waals surface area contributed by atoms with E-state index in [0.29, 0.717) is 21.6 Å². The van der Waals surface area contributed by atoms with Crippen molar-refractivity contribution in [3.8, 4) is 17.1 Å². The molecule has 0 N–H and O–H groups in total. The zero-order valence-electron chi connectivity index (χ0n) is 13.1. The Hall–Kier alpha value is -2.02. The molecule has 25 heavy (non-hydrogen) atoms. The van der Waals surface area contributed by atoms with Crippen LogP contribution in [0.4, 0.5) is 0 Å². The van der Waals surface area contributed by atoms with E-state index in [-0.39, 0.29) is 0 Å². The first-order chi connectivity index (χ1) is 12.2. The van der Waals surface area contributed by atoms with Gasteiger partial charge in [0.2, 0.25) is 5.16 Å². The van der Waals surface area contributed by atoms with Gasteiger partial charge in [-0.1, -0.05) is 47.1 Å². The Morgan fingerprint density at radius 1 is 1.04 bits per heavy atom. The monoisotopic (exact) mass is 390 g/mol. The highest BCUT2D eigenvalue weighted by molar-refractivity contribution is 7.99. The van der Waals surface area contributed by atoms with Crippen LogP contribution in [0.2, 0.25) is 10.0 Å². The summed E-state index contributed by atoms with van der Waals surface area (Å²) in [5.41, 5.74) is 2.74. The molecule has 1 aliphatic rings. The van der Waals surface area contributed by atoms with E-state index in [2.05, 4.69) is 10.2 Å². The number of nitrogens with zero attached hydrogens (tertiary/aromatic N) is 4. The molecule has 0 atom stereocenters. The fourth-order valence-corrected chi connectivity index (χ4v) is 3.62. The lowest BCUT2D eigenvalue weighted by Crippen LogP contribution is -2.13. The zero-order chi connectivity index (χ0) is 17.4. The van der Waals surface area contributed by atoms with Crippen molar-refractivity contribution in [3.63, 3.8) is 0 Å². The SMILES string of the molecule is COc1cccc(C2=Nn3c(nnc3-c3ccc(Cl)c(Cl)c3)SC2)c1. The van der Waals surface area contributed by atoms with Crippen LogP contribution < -0.4 is 4.74 Å². The van der Waals surface area contributed by atoms with E-state index in [4.69, 9.17) is 33.0 Å². The van der Waals surface area contributed by atoms with E-state index in [0.717, 1.165) is 27.7 Å². The lowest BCUT2D eigenvalue weighted by Gasteiger charge is -2.14. The van der Waals surface area contributed by atoms with Crippen LogP contribution in [0.25, 0.3) is 11.4 Å². The van der Waals surface area contributed by atoms with Crippen molar-refractivity contribution < 1.29 is 4.74 Å². The van der Waals surface area contributed by atoms with Gasteiger partial charge in [-0.3, -0.25) is 0 Å². The van der Waals surface area contributed by atoms with Crippen molar-refractivity contribution in [3.05, 3.63) is 58.1 Å². The van der Waals surface area contributed by atoms with Crippen LogP contribution in [-0.4, -0.2) is 33.4 Å². The number of rotatable bonds is 3. The number of fused-ring (bicyclic) bond motifs is 1. The number of hydrogen-bond donors (Lipinski definition) is 0. The molecule has 0 radical (unpaired) electrons. The Morgan fingerprint density at radius 2 is 1.92 bits per heavy atom. The molecule has 0 saturated heterocycles. The minimum Gasteiger partial charge on any atom is -0.497 e. The van der Waals surface area contributed by atoms with Gasteiger partial charge >= 0.3 is 0 Å². The van der Waals surface area contributed by atoms with E-state index in [1.165, 1.54) is 0 Å². The number of thioether (sulfide) groups is 1. The van der Waals surface area contributed by atoms with Gasteiger partial charge in [0, 0.05) is 16.9 Å². The standard InChI is InChI=1S/C17H12Cl2N4OS/c1-24-12-4-2-3-10(7-12)15-9-25-17-21-20-16(23(17)22-15)11-5-6-13(18)14(19)8-11/h2-8H,9H2,1H3.